The molecule has 1 rings (SSSR count). The van der Waals surface area contributed by atoms with E-state index in [4.69, 9.17) is 0 Å². The van der Waals surface area contributed by atoms with Crippen molar-refractivity contribution in [3.05, 3.63) is 5.01 Å². The van der Waals surface area contributed by atoms with Gasteiger partial charge in [0.25, 0.3) is 5.91 Å². The van der Waals surface area contributed by atoms with Crippen LogP contribution in [-0.4, -0.2) is 41.1 Å². The molecule has 0 aliphatic carbocycles. The van der Waals surface area contributed by atoms with Gasteiger partial charge in [0.2, 0.25) is 16.0 Å². The summed E-state index contributed by atoms with van der Waals surface area (Å²) < 4.78 is 0. The summed E-state index contributed by atoms with van der Waals surface area (Å²) in [6.07, 6.45) is 0.969. The molecule has 0 aliphatic rings. The molecule has 106 valence electrons. The lowest BCUT2D eigenvalue weighted by molar-refractivity contribution is -0.120. The molecule has 0 saturated heterocycles. The quantitative estimate of drug-likeness (QED) is 0.682. The summed E-state index contributed by atoms with van der Waals surface area (Å²) >= 11 is 1.17. The van der Waals surface area contributed by atoms with E-state index in [1.807, 2.05) is 20.8 Å². The summed E-state index contributed by atoms with van der Waals surface area (Å²) in [5, 5.41) is 16.7. The van der Waals surface area contributed by atoms with Crippen molar-refractivity contribution in [2.45, 2.75) is 33.2 Å². The Morgan fingerprint density at radius 1 is 1.32 bits per heavy atom. The number of hydrogen-bond acceptors (Lipinski definition) is 6. The fraction of sp³-hybridized carbons (Fsp3) is 0.636. The number of rotatable bonds is 7. The van der Waals surface area contributed by atoms with Crippen molar-refractivity contribution in [2.75, 3.05) is 18.4 Å². The normalized spacial score (nSPS) is 10.3. The van der Waals surface area contributed by atoms with E-state index in [1.54, 1.807) is 0 Å². The number of carbonyl (C=O) groups is 2. The van der Waals surface area contributed by atoms with Crippen molar-refractivity contribution < 1.29 is 9.59 Å². The van der Waals surface area contributed by atoms with Crippen molar-refractivity contribution in [3.63, 3.8) is 0 Å². The monoisotopic (exact) mass is 285 g/mol. The van der Waals surface area contributed by atoms with Crippen LogP contribution in [0.2, 0.25) is 0 Å². The molecule has 1 aromatic rings. The first-order valence-electron chi connectivity index (χ1n) is 6.17. The molecule has 0 saturated carbocycles. The second-order valence-corrected chi connectivity index (χ2v) is 5.22. The standard InChI is InChI=1S/C11H19N5O2S/c1-4-5-12-11-16-15-10(19-11)9(18)13-6-8(17)14-7(2)3/h7H,4-6H2,1-3H3,(H,12,16)(H,13,18)(H,14,17). The molecule has 0 spiro atoms. The number of hydrogen-bond donors (Lipinski definition) is 3. The molecule has 0 atom stereocenters. The molecular formula is C11H19N5O2S. The molecule has 1 aromatic heterocycles. The van der Waals surface area contributed by atoms with Crippen molar-refractivity contribution in [1.29, 1.82) is 0 Å². The Hall–Kier alpha value is -1.70. The van der Waals surface area contributed by atoms with E-state index in [0.717, 1.165) is 13.0 Å². The molecule has 0 aliphatic heterocycles. The van der Waals surface area contributed by atoms with Gasteiger partial charge in [-0.3, -0.25) is 9.59 Å². The zero-order chi connectivity index (χ0) is 14.3. The average molecular weight is 285 g/mol. The summed E-state index contributed by atoms with van der Waals surface area (Å²) in [6.45, 7) is 6.47. The Balaban J connectivity index is 2.41. The molecule has 0 unspecified atom stereocenters. The third-order valence-corrected chi connectivity index (χ3v) is 2.88. The van der Waals surface area contributed by atoms with E-state index in [9.17, 15) is 9.59 Å². The molecule has 0 aromatic carbocycles. The Morgan fingerprint density at radius 2 is 2.05 bits per heavy atom. The molecule has 2 amide bonds. The first-order valence-corrected chi connectivity index (χ1v) is 6.99. The van der Waals surface area contributed by atoms with Crippen LogP contribution in [0.5, 0.6) is 0 Å². The SMILES string of the molecule is CCCNc1nnc(C(=O)NCC(=O)NC(C)C)s1. The first kappa shape index (κ1) is 15.4. The number of anilines is 1. The van der Waals surface area contributed by atoms with Gasteiger partial charge in [-0.15, -0.1) is 10.2 Å². The number of carbonyl (C=O) groups excluding carboxylic acids is 2. The second-order valence-electron chi connectivity index (χ2n) is 4.24. The lowest BCUT2D eigenvalue weighted by Crippen LogP contribution is -2.39. The Kier molecular flexibility index (Phi) is 6.20. The number of nitrogens with one attached hydrogen (secondary N) is 3. The van der Waals surface area contributed by atoms with Crippen LogP contribution in [0.15, 0.2) is 0 Å². The Bertz CT molecular complexity index is 432. The highest BCUT2D eigenvalue weighted by atomic mass is 32.1. The van der Waals surface area contributed by atoms with Gasteiger partial charge in [-0.25, -0.2) is 0 Å². The molecule has 0 bridgehead atoms. The smallest absolute Gasteiger partial charge is 0.282 e. The summed E-state index contributed by atoms with van der Waals surface area (Å²) in [4.78, 5) is 23.1. The van der Waals surface area contributed by atoms with Crippen molar-refractivity contribution >= 4 is 28.3 Å². The van der Waals surface area contributed by atoms with Gasteiger partial charge in [0.1, 0.15) is 0 Å². The van der Waals surface area contributed by atoms with Gasteiger partial charge in [-0.2, -0.15) is 0 Å². The third-order valence-electron chi connectivity index (χ3n) is 2.00. The summed E-state index contributed by atoms with van der Waals surface area (Å²) in [6, 6.07) is 0.0516. The van der Waals surface area contributed by atoms with E-state index >= 15 is 0 Å². The summed E-state index contributed by atoms with van der Waals surface area (Å²) in [7, 11) is 0. The van der Waals surface area contributed by atoms with Crippen molar-refractivity contribution in [1.82, 2.24) is 20.8 Å². The highest BCUT2D eigenvalue weighted by Crippen LogP contribution is 2.14. The van der Waals surface area contributed by atoms with E-state index in [1.165, 1.54) is 11.3 Å². The van der Waals surface area contributed by atoms with Gasteiger partial charge in [0.05, 0.1) is 6.54 Å². The van der Waals surface area contributed by atoms with Crippen LogP contribution in [0.4, 0.5) is 5.13 Å². The maximum Gasteiger partial charge on any atom is 0.282 e. The Labute approximate surface area is 116 Å². The van der Waals surface area contributed by atoms with Gasteiger partial charge in [-0.05, 0) is 20.3 Å². The highest BCUT2D eigenvalue weighted by Gasteiger charge is 2.13. The fourth-order valence-corrected chi connectivity index (χ4v) is 1.91. The minimum absolute atomic E-state index is 0.0516. The summed E-state index contributed by atoms with van der Waals surface area (Å²) in [5.41, 5.74) is 0. The van der Waals surface area contributed by atoms with Crippen LogP contribution in [-0.2, 0) is 4.79 Å². The summed E-state index contributed by atoms with van der Waals surface area (Å²) in [5.74, 6) is -0.613. The van der Waals surface area contributed by atoms with E-state index in [0.29, 0.717) is 5.13 Å². The minimum atomic E-state index is -0.388. The van der Waals surface area contributed by atoms with Crippen molar-refractivity contribution in [3.8, 4) is 0 Å². The van der Waals surface area contributed by atoms with E-state index in [2.05, 4.69) is 26.1 Å². The third kappa shape index (κ3) is 5.64. The molecule has 1 heterocycles. The van der Waals surface area contributed by atoms with Gasteiger partial charge in [-0.1, -0.05) is 18.3 Å². The van der Waals surface area contributed by atoms with Crippen LogP contribution in [0, 0.1) is 0 Å². The molecular weight excluding hydrogens is 266 g/mol. The molecule has 0 fully saturated rings. The zero-order valence-corrected chi connectivity index (χ0v) is 12.1. The fourth-order valence-electron chi connectivity index (χ4n) is 1.23. The van der Waals surface area contributed by atoms with Gasteiger partial charge < -0.3 is 16.0 Å². The predicted octanol–water partition coefficient (Wildman–Crippen LogP) is 0.614. The highest BCUT2D eigenvalue weighted by molar-refractivity contribution is 7.17. The maximum atomic E-state index is 11.7. The predicted molar refractivity (Wildman–Crippen MR) is 74.3 cm³/mol. The van der Waals surface area contributed by atoms with Crippen LogP contribution in [0.3, 0.4) is 0 Å². The first-order chi connectivity index (χ1) is 9.02. The average Bonchev–Trinajstić information content (AvgIpc) is 2.81. The van der Waals surface area contributed by atoms with Gasteiger partial charge >= 0.3 is 0 Å². The second kappa shape index (κ2) is 7.67. The Morgan fingerprint density at radius 3 is 2.68 bits per heavy atom. The largest absolute Gasteiger partial charge is 0.360 e. The van der Waals surface area contributed by atoms with Crippen LogP contribution < -0.4 is 16.0 Å². The molecule has 8 heteroatoms. The lowest BCUT2D eigenvalue weighted by atomic mass is 10.4. The van der Waals surface area contributed by atoms with Crippen LogP contribution in [0.1, 0.15) is 37.0 Å². The maximum absolute atomic E-state index is 11.7. The number of aromatic nitrogens is 2. The topological polar surface area (TPSA) is 96.0 Å². The zero-order valence-electron chi connectivity index (χ0n) is 11.3. The molecule has 3 N–H and O–H groups in total. The van der Waals surface area contributed by atoms with Gasteiger partial charge in [0, 0.05) is 12.6 Å². The van der Waals surface area contributed by atoms with Gasteiger partial charge in [0.15, 0.2) is 0 Å². The minimum Gasteiger partial charge on any atom is -0.360 e. The van der Waals surface area contributed by atoms with E-state index in [-0.39, 0.29) is 29.4 Å². The number of nitrogens with zero attached hydrogens (tertiary/aromatic N) is 2. The van der Waals surface area contributed by atoms with E-state index < -0.39 is 0 Å². The molecule has 7 nitrogen and oxygen atoms in total. The lowest BCUT2D eigenvalue weighted by Gasteiger charge is -2.08. The molecule has 0 radical (unpaired) electrons. The van der Waals surface area contributed by atoms with Crippen LogP contribution in [0.25, 0.3) is 0 Å². The molecule has 19 heavy (non-hydrogen) atoms. The number of amides is 2. The van der Waals surface area contributed by atoms with Crippen molar-refractivity contribution in [2.24, 2.45) is 0 Å². The van der Waals surface area contributed by atoms with Crippen LogP contribution >= 0.6 is 11.3 Å².